The van der Waals surface area contributed by atoms with Crippen molar-refractivity contribution in [2.45, 2.75) is 303 Å². The fourth-order valence-electron chi connectivity index (χ4n) is 7.38. The van der Waals surface area contributed by atoms with Gasteiger partial charge in [-0.2, -0.15) is 0 Å². The van der Waals surface area contributed by atoms with Crippen LogP contribution in [0.15, 0.2) is 24.3 Å². The fourth-order valence-corrected chi connectivity index (χ4v) is 7.38. The fraction of sp³-hybridized carbons (Fsp3) is 0.926. The molecule has 0 aromatic heterocycles. The molecule has 0 saturated heterocycles. The van der Waals surface area contributed by atoms with E-state index in [1.165, 1.54) is 263 Å². The van der Waals surface area contributed by atoms with Gasteiger partial charge < -0.3 is 15.3 Å². The maximum atomic E-state index is 8.67. The molecule has 0 unspecified atom stereocenters. The molecule has 0 rings (SSSR count). The summed E-state index contributed by atoms with van der Waals surface area (Å²) < 4.78 is 0. The molecule has 0 aliphatic rings. The summed E-state index contributed by atoms with van der Waals surface area (Å²) in [5.41, 5.74) is 0. The van der Waals surface area contributed by atoms with Gasteiger partial charge in [-0.25, -0.2) is 0 Å². The highest BCUT2D eigenvalue weighted by Gasteiger charge is 1.95. The Kier molecular flexibility index (Phi) is 68.6. The van der Waals surface area contributed by atoms with E-state index in [1.54, 1.807) is 0 Å². The van der Waals surface area contributed by atoms with E-state index in [4.69, 9.17) is 15.3 Å². The average Bonchev–Trinajstić information content (AvgIpc) is 3.23. The zero-order valence-electron chi connectivity index (χ0n) is 39.9. The molecular formula is C54H110O3. The summed E-state index contributed by atoms with van der Waals surface area (Å²) in [4.78, 5) is 0. The van der Waals surface area contributed by atoms with Gasteiger partial charge in [-0.05, 0) is 70.6 Å². The van der Waals surface area contributed by atoms with Crippen molar-refractivity contribution in [2.75, 3.05) is 19.8 Å². The van der Waals surface area contributed by atoms with Gasteiger partial charge in [0.2, 0.25) is 0 Å². The molecule has 0 aliphatic carbocycles. The van der Waals surface area contributed by atoms with E-state index in [9.17, 15) is 0 Å². The van der Waals surface area contributed by atoms with Crippen LogP contribution >= 0.6 is 0 Å². The molecule has 0 atom stereocenters. The minimum Gasteiger partial charge on any atom is -0.396 e. The maximum Gasteiger partial charge on any atom is 0.0431 e. The van der Waals surface area contributed by atoms with E-state index in [0.29, 0.717) is 19.8 Å². The first kappa shape index (κ1) is 60.7. The van der Waals surface area contributed by atoms with Gasteiger partial charge in [-0.15, -0.1) is 0 Å². The molecule has 3 heteroatoms. The Bertz CT molecular complexity index is 618. The lowest BCUT2D eigenvalue weighted by atomic mass is 10.0. The molecule has 0 radical (unpaired) electrons. The quantitative estimate of drug-likeness (QED) is 0.0424. The van der Waals surface area contributed by atoms with Crippen LogP contribution in [0.25, 0.3) is 0 Å². The van der Waals surface area contributed by atoms with E-state index in [0.717, 1.165) is 19.3 Å². The van der Waals surface area contributed by atoms with Crippen LogP contribution in [-0.4, -0.2) is 35.1 Å². The molecule has 344 valence electrons. The van der Waals surface area contributed by atoms with Crippen LogP contribution in [-0.2, 0) is 0 Å². The Morgan fingerprint density at radius 2 is 0.333 bits per heavy atom. The number of unbranched alkanes of at least 4 members (excludes halogenated alkanes) is 39. The molecule has 3 N–H and O–H groups in total. The van der Waals surface area contributed by atoms with Crippen LogP contribution < -0.4 is 0 Å². The first-order chi connectivity index (χ1) is 28.2. The SMILES string of the molecule is CCCCCCCC/C=C/CCCCCCCCO.CCCCCCCC/C=C\CCCCCCCCO.CCCCCCCCCCCCCCCCCCO. The van der Waals surface area contributed by atoms with E-state index in [1.807, 2.05) is 0 Å². The van der Waals surface area contributed by atoms with Crippen molar-refractivity contribution >= 4 is 0 Å². The highest BCUT2D eigenvalue weighted by atomic mass is 16.3. The first-order valence-electron chi connectivity index (χ1n) is 26.4. The summed E-state index contributed by atoms with van der Waals surface area (Å²) in [6.07, 6.45) is 68.6. The molecule has 0 fully saturated rings. The lowest BCUT2D eigenvalue weighted by Crippen LogP contribution is -1.85. The van der Waals surface area contributed by atoms with Crippen molar-refractivity contribution < 1.29 is 15.3 Å². The lowest BCUT2D eigenvalue weighted by Gasteiger charge is -2.03. The van der Waals surface area contributed by atoms with E-state index in [-0.39, 0.29) is 0 Å². The van der Waals surface area contributed by atoms with Crippen molar-refractivity contribution in [1.29, 1.82) is 0 Å². The third kappa shape index (κ3) is 70.3. The maximum absolute atomic E-state index is 8.67. The summed E-state index contributed by atoms with van der Waals surface area (Å²) in [5, 5.41) is 26.0. The Balaban J connectivity index is -0.000000767. The van der Waals surface area contributed by atoms with Crippen LogP contribution in [0.3, 0.4) is 0 Å². The zero-order valence-corrected chi connectivity index (χ0v) is 39.9. The van der Waals surface area contributed by atoms with E-state index in [2.05, 4.69) is 45.1 Å². The molecule has 0 heterocycles. The second kappa shape index (κ2) is 64.5. The highest BCUT2D eigenvalue weighted by Crippen LogP contribution is 2.14. The molecule has 0 saturated carbocycles. The van der Waals surface area contributed by atoms with Crippen LogP contribution in [0.1, 0.15) is 303 Å². The Hall–Kier alpha value is -0.640. The third-order valence-corrected chi connectivity index (χ3v) is 11.4. The topological polar surface area (TPSA) is 60.7 Å². The van der Waals surface area contributed by atoms with Crippen LogP contribution in [0.2, 0.25) is 0 Å². The molecular weight excluding hydrogens is 697 g/mol. The van der Waals surface area contributed by atoms with Crippen molar-refractivity contribution in [1.82, 2.24) is 0 Å². The average molecular weight is 807 g/mol. The minimum atomic E-state index is 0.362. The second-order valence-corrected chi connectivity index (χ2v) is 17.3. The molecule has 0 aromatic rings. The third-order valence-electron chi connectivity index (χ3n) is 11.4. The number of aliphatic hydroxyl groups excluding tert-OH is 3. The van der Waals surface area contributed by atoms with Gasteiger partial charge in [-0.3, -0.25) is 0 Å². The van der Waals surface area contributed by atoms with Crippen molar-refractivity contribution in [3.63, 3.8) is 0 Å². The van der Waals surface area contributed by atoms with Crippen molar-refractivity contribution in [2.24, 2.45) is 0 Å². The molecule has 0 amide bonds. The van der Waals surface area contributed by atoms with Gasteiger partial charge >= 0.3 is 0 Å². The molecule has 3 nitrogen and oxygen atoms in total. The highest BCUT2D eigenvalue weighted by molar-refractivity contribution is 4.82. The van der Waals surface area contributed by atoms with Gasteiger partial charge in [0.1, 0.15) is 0 Å². The second-order valence-electron chi connectivity index (χ2n) is 17.3. The van der Waals surface area contributed by atoms with E-state index >= 15 is 0 Å². The van der Waals surface area contributed by atoms with Crippen LogP contribution in [0, 0.1) is 0 Å². The van der Waals surface area contributed by atoms with Crippen molar-refractivity contribution in [3.05, 3.63) is 24.3 Å². The van der Waals surface area contributed by atoms with E-state index < -0.39 is 0 Å². The number of rotatable bonds is 46. The minimum absolute atomic E-state index is 0.362. The molecule has 0 aromatic carbocycles. The lowest BCUT2D eigenvalue weighted by molar-refractivity contribution is 0.282. The number of allylic oxidation sites excluding steroid dienone is 4. The van der Waals surface area contributed by atoms with Crippen molar-refractivity contribution in [3.8, 4) is 0 Å². The Labute approximate surface area is 361 Å². The number of hydrogen-bond acceptors (Lipinski definition) is 3. The Morgan fingerprint density at radius 3 is 0.491 bits per heavy atom. The predicted octanol–water partition coefficient (Wildman–Crippen LogP) is 18.3. The summed E-state index contributed by atoms with van der Waals surface area (Å²) in [6, 6.07) is 0. The monoisotopic (exact) mass is 807 g/mol. The summed E-state index contributed by atoms with van der Waals surface area (Å²) in [7, 11) is 0. The zero-order chi connectivity index (χ0) is 42.1. The summed E-state index contributed by atoms with van der Waals surface area (Å²) >= 11 is 0. The van der Waals surface area contributed by atoms with Crippen LogP contribution in [0.5, 0.6) is 0 Å². The Morgan fingerprint density at radius 1 is 0.193 bits per heavy atom. The smallest absolute Gasteiger partial charge is 0.0431 e. The van der Waals surface area contributed by atoms with Gasteiger partial charge in [0.25, 0.3) is 0 Å². The molecule has 0 bridgehead atoms. The van der Waals surface area contributed by atoms with Gasteiger partial charge in [0.05, 0.1) is 0 Å². The molecule has 0 spiro atoms. The van der Waals surface area contributed by atoms with Gasteiger partial charge in [0, 0.05) is 19.8 Å². The van der Waals surface area contributed by atoms with Crippen LogP contribution in [0.4, 0.5) is 0 Å². The summed E-state index contributed by atoms with van der Waals surface area (Å²) in [5.74, 6) is 0. The van der Waals surface area contributed by atoms with Gasteiger partial charge in [0.15, 0.2) is 0 Å². The molecule has 57 heavy (non-hydrogen) atoms. The van der Waals surface area contributed by atoms with Gasteiger partial charge in [-0.1, -0.05) is 257 Å². The number of hydrogen-bond donors (Lipinski definition) is 3. The normalized spacial score (nSPS) is 11.3. The largest absolute Gasteiger partial charge is 0.396 e. The number of aliphatic hydroxyl groups is 3. The summed E-state index contributed by atoms with van der Waals surface area (Å²) in [6.45, 7) is 7.93. The predicted molar refractivity (Wildman–Crippen MR) is 260 cm³/mol. The first-order valence-corrected chi connectivity index (χ1v) is 26.4. The molecule has 0 aliphatic heterocycles. The standard InChI is InChI=1S/C18H38O.2C18H36O/c3*1-2-3-4-5-6-7-8-9-10-11-12-13-14-15-16-17-18-19/h19H,2-18H2,1H3;2*9-10,19H,2-8,11-18H2,1H3/b;10-9+;10-9-.